The van der Waals surface area contributed by atoms with E-state index >= 15 is 0 Å². The highest BCUT2D eigenvalue weighted by Gasteiger charge is 2.46. The van der Waals surface area contributed by atoms with E-state index in [0.29, 0.717) is 25.9 Å². The smallest absolute Gasteiger partial charge is 0.407 e. The molecule has 6 rings (SSSR count). The number of benzene rings is 3. The van der Waals surface area contributed by atoms with E-state index in [0.717, 1.165) is 34.4 Å². The van der Waals surface area contributed by atoms with Crippen LogP contribution in [-0.2, 0) is 25.6 Å². The molecule has 0 radical (unpaired) electrons. The van der Waals surface area contributed by atoms with Gasteiger partial charge < -0.3 is 25.2 Å². The van der Waals surface area contributed by atoms with Gasteiger partial charge in [0.1, 0.15) is 12.1 Å². The Hall–Kier alpha value is -4.21. The Morgan fingerprint density at radius 3 is 2.14 bits per heavy atom. The molecule has 42 heavy (non-hydrogen) atoms. The number of piperidine rings is 1. The van der Waals surface area contributed by atoms with Crippen LogP contribution in [0.4, 0.5) is 4.79 Å². The standard InChI is InChI=1S/C33H35N3O6/c37-30(35-33(31(38)39)14-16-36(17-15-33)18-22-8-2-1-3-9-22)28-19-41-21-29(28)34-32(40)42-20-27-25-12-6-4-10-23(25)24-11-5-7-13-26(24)27/h1-13,27-29H,14-21H2,(H,34,40)(H,35,37)(H,38,39). The minimum Gasteiger partial charge on any atom is -0.480 e. The largest absolute Gasteiger partial charge is 0.480 e. The summed E-state index contributed by atoms with van der Waals surface area (Å²) in [6.45, 7) is 2.22. The van der Waals surface area contributed by atoms with Crippen LogP contribution in [0.3, 0.4) is 0 Å². The van der Waals surface area contributed by atoms with Crippen molar-refractivity contribution in [2.24, 2.45) is 5.92 Å². The molecule has 2 aliphatic heterocycles. The summed E-state index contributed by atoms with van der Waals surface area (Å²) in [5, 5.41) is 15.7. The third kappa shape index (κ3) is 5.62. The van der Waals surface area contributed by atoms with Gasteiger partial charge in [0.25, 0.3) is 0 Å². The molecule has 3 aliphatic rings. The summed E-state index contributed by atoms with van der Waals surface area (Å²) in [6, 6.07) is 25.6. The average molecular weight is 570 g/mol. The summed E-state index contributed by atoms with van der Waals surface area (Å²) in [4.78, 5) is 40.8. The van der Waals surface area contributed by atoms with Crippen LogP contribution >= 0.6 is 0 Å². The molecule has 2 saturated heterocycles. The monoisotopic (exact) mass is 569 g/mol. The summed E-state index contributed by atoms with van der Waals surface area (Å²) in [5.41, 5.74) is 4.31. The van der Waals surface area contributed by atoms with E-state index in [4.69, 9.17) is 9.47 Å². The second-order valence-electron chi connectivity index (χ2n) is 11.4. The molecule has 218 valence electrons. The van der Waals surface area contributed by atoms with Gasteiger partial charge in [0, 0.05) is 25.6 Å². The summed E-state index contributed by atoms with van der Waals surface area (Å²) in [6.07, 6.45) is -0.0508. The Morgan fingerprint density at radius 2 is 1.50 bits per heavy atom. The fourth-order valence-electron chi connectivity index (χ4n) is 6.40. The first-order valence-corrected chi connectivity index (χ1v) is 14.4. The normalized spacial score (nSPS) is 21.2. The topological polar surface area (TPSA) is 117 Å². The van der Waals surface area contributed by atoms with Gasteiger partial charge in [-0.3, -0.25) is 9.69 Å². The molecule has 1 aliphatic carbocycles. The third-order valence-corrected chi connectivity index (χ3v) is 8.79. The molecule has 0 bridgehead atoms. The number of nitrogens with zero attached hydrogens (tertiary/aromatic N) is 1. The van der Waals surface area contributed by atoms with Gasteiger partial charge in [-0.05, 0) is 40.7 Å². The molecule has 0 saturated carbocycles. The van der Waals surface area contributed by atoms with Crippen molar-refractivity contribution in [1.29, 1.82) is 0 Å². The Kier molecular flexibility index (Phi) is 7.95. The van der Waals surface area contributed by atoms with Crippen LogP contribution in [0.1, 0.15) is 35.4 Å². The zero-order chi connectivity index (χ0) is 29.1. The van der Waals surface area contributed by atoms with Gasteiger partial charge in [-0.2, -0.15) is 0 Å². The van der Waals surface area contributed by atoms with Crippen LogP contribution in [-0.4, -0.2) is 72.5 Å². The fraction of sp³-hybridized carbons (Fsp3) is 0.364. The zero-order valence-electron chi connectivity index (χ0n) is 23.3. The van der Waals surface area contributed by atoms with Crippen molar-refractivity contribution in [3.05, 3.63) is 95.6 Å². The molecule has 9 nitrogen and oxygen atoms in total. The molecule has 2 heterocycles. The fourth-order valence-corrected chi connectivity index (χ4v) is 6.40. The number of aliphatic carboxylic acids is 1. The van der Waals surface area contributed by atoms with Crippen LogP contribution < -0.4 is 10.6 Å². The number of carbonyl (C=O) groups is 3. The summed E-state index contributed by atoms with van der Waals surface area (Å²) < 4.78 is 11.2. The minimum atomic E-state index is -1.36. The summed E-state index contributed by atoms with van der Waals surface area (Å²) in [7, 11) is 0. The van der Waals surface area contributed by atoms with E-state index in [1.165, 1.54) is 0 Å². The van der Waals surface area contributed by atoms with Gasteiger partial charge in [0.2, 0.25) is 5.91 Å². The summed E-state index contributed by atoms with van der Waals surface area (Å²) >= 11 is 0. The number of hydrogen-bond donors (Lipinski definition) is 3. The second kappa shape index (κ2) is 12.0. The molecule has 2 amide bonds. The summed E-state index contributed by atoms with van der Waals surface area (Å²) in [5.74, 6) is -2.28. The van der Waals surface area contributed by atoms with Crippen LogP contribution in [0.2, 0.25) is 0 Å². The predicted molar refractivity (Wildman–Crippen MR) is 156 cm³/mol. The molecule has 3 N–H and O–H groups in total. The van der Waals surface area contributed by atoms with E-state index in [1.807, 2.05) is 54.6 Å². The van der Waals surface area contributed by atoms with E-state index < -0.39 is 35.5 Å². The number of nitrogens with one attached hydrogen (secondary N) is 2. The number of fused-ring (bicyclic) bond motifs is 3. The quantitative estimate of drug-likeness (QED) is 0.378. The van der Waals surface area contributed by atoms with Crippen LogP contribution in [0.25, 0.3) is 11.1 Å². The first-order valence-electron chi connectivity index (χ1n) is 14.4. The lowest BCUT2D eigenvalue weighted by Gasteiger charge is -2.40. The molecule has 9 heteroatoms. The van der Waals surface area contributed by atoms with Crippen LogP contribution in [0, 0.1) is 5.92 Å². The van der Waals surface area contributed by atoms with Gasteiger partial charge in [0.05, 0.1) is 25.2 Å². The van der Waals surface area contributed by atoms with Crippen LogP contribution in [0.5, 0.6) is 0 Å². The van der Waals surface area contributed by atoms with Crippen molar-refractivity contribution in [1.82, 2.24) is 15.5 Å². The third-order valence-electron chi connectivity index (χ3n) is 8.79. The minimum absolute atomic E-state index is 0.0785. The second-order valence-corrected chi connectivity index (χ2v) is 11.4. The molecular formula is C33H35N3O6. The lowest BCUT2D eigenvalue weighted by molar-refractivity contribution is -0.151. The van der Waals surface area contributed by atoms with Crippen molar-refractivity contribution >= 4 is 18.0 Å². The number of carboxylic acid groups (broad SMARTS) is 1. The zero-order valence-corrected chi connectivity index (χ0v) is 23.3. The van der Waals surface area contributed by atoms with Crippen molar-refractivity contribution in [3.63, 3.8) is 0 Å². The number of amides is 2. The van der Waals surface area contributed by atoms with Crippen molar-refractivity contribution in [2.75, 3.05) is 32.9 Å². The Balaban J connectivity index is 1.04. The van der Waals surface area contributed by atoms with E-state index in [-0.39, 0.29) is 25.7 Å². The number of carbonyl (C=O) groups excluding carboxylic acids is 2. The number of carboxylic acids is 1. The number of rotatable bonds is 8. The highest BCUT2D eigenvalue weighted by molar-refractivity contribution is 5.89. The Morgan fingerprint density at radius 1 is 0.881 bits per heavy atom. The average Bonchev–Trinajstić information content (AvgIpc) is 3.60. The molecule has 0 aromatic heterocycles. The predicted octanol–water partition coefficient (Wildman–Crippen LogP) is 3.78. The Labute approximate surface area is 244 Å². The van der Waals surface area contributed by atoms with E-state index in [2.05, 4.69) is 39.8 Å². The number of hydrogen-bond acceptors (Lipinski definition) is 6. The van der Waals surface area contributed by atoms with Crippen molar-refractivity contribution in [3.8, 4) is 11.1 Å². The molecule has 2 fully saturated rings. The molecule has 0 spiro atoms. The molecule has 3 aromatic carbocycles. The maximum atomic E-state index is 13.4. The van der Waals surface area contributed by atoms with Gasteiger partial charge in [-0.15, -0.1) is 0 Å². The van der Waals surface area contributed by atoms with Gasteiger partial charge in [-0.1, -0.05) is 78.9 Å². The van der Waals surface area contributed by atoms with E-state index in [1.54, 1.807) is 0 Å². The van der Waals surface area contributed by atoms with Crippen LogP contribution in [0.15, 0.2) is 78.9 Å². The SMILES string of the molecule is O=C(NC1COCC1C(=O)NC1(C(=O)O)CCN(Cc2ccccc2)CC1)OCC1c2ccccc2-c2ccccc21. The van der Waals surface area contributed by atoms with Crippen molar-refractivity contribution in [2.45, 2.75) is 36.9 Å². The molecule has 3 aromatic rings. The van der Waals surface area contributed by atoms with E-state index in [9.17, 15) is 19.5 Å². The number of alkyl carbamates (subject to hydrolysis) is 1. The maximum absolute atomic E-state index is 13.4. The lowest BCUT2D eigenvalue weighted by atomic mass is 9.86. The maximum Gasteiger partial charge on any atom is 0.407 e. The van der Waals surface area contributed by atoms with Gasteiger partial charge >= 0.3 is 12.1 Å². The Bertz CT molecular complexity index is 1410. The molecule has 2 unspecified atom stereocenters. The van der Waals surface area contributed by atoms with Crippen molar-refractivity contribution < 1.29 is 29.0 Å². The molecular weight excluding hydrogens is 534 g/mol. The lowest BCUT2D eigenvalue weighted by Crippen LogP contribution is -2.62. The van der Waals surface area contributed by atoms with Gasteiger partial charge in [0.15, 0.2) is 0 Å². The van der Waals surface area contributed by atoms with Gasteiger partial charge in [-0.25, -0.2) is 9.59 Å². The first kappa shape index (κ1) is 27.9. The molecule has 2 atom stereocenters. The highest BCUT2D eigenvalue weighted by atomic mass is 16.5. The first-order chi connectivity index (χ1) is 20.4. The number of ether oxygens (including phenoxy) is 2. The highest BCUT2D eigenvalue weighted by Crippen LogP contribution is 2.44. The number of likely N-dealkylation sites (tertiary alicyclic amines) is 1.